The number of aryl methyl sites for hydroxylation is 1. The van der Waals surface area contributed by atoms with E-state index < -0.39 is 0 Å². The minimum absolute atomic E-state index is 0.101. The van der Waals surface area contributed by atoms with Gasteiger partial charge in [0.2, 0.25) is 0 Å². The minimum Gasteiger partial charge on any atom is -0.324 e. The van der Waals surface area contributed by atoms with Crippen LogP contribution < -0.4 is 5.73 Å². The van der Waals surface area contributed by atoms with Crippen LogP contribution in [0.5, 0.6) is 0 Å². The van der Waals surface area contributed by atoms with Crippen LogP contribution in [0.3, 0.4) is 0 Å². The lowest BCUT2D eigenvalue weighted by Gasteiger charge is -2.34. The number of rotatable bonds is 1. The van der Waals surface area contributed by atoms with Gasteiger partial charge in [0.15, 0.2) is 0 Å². The van der Waals surface area contributed by atoms with Gasteiger partial charge in [0.05, 0.1) is 11.6 Å². The third kappa shape index (κ3) is 2.36. The van der Waals surface area contributed by atoms with E-state index in [-0.39, 0.29) is 11.5 Å². The fourth-order valence-electron chi connectivity index (χ4n) is 3.40. The summed E-state index contributed by atoms with van der Waals surface area (Å²) in [4.78, 5) is 0. The highest BCUT2D eigenvalue weighted by Crippen LogP contribution is 2.41. The normalized spacial score (nSPS) is 19.9. The molecule has 0 aliphatic heterocycles. The molecule has 108 valence electrons. The van der Waals surface area contributed by atoms with E-state index in [9.17, 15) is 0 Å². The molecule has 21 heavy (non-hydrogen) atoms. The van der Waals surface area contributed by atoms with E-state index in [2.05, 4.69) is 43.7 Å². The molecule has 0 saturated carbocycles. The molecule has 1 aromatic carbocycles. The first-order valence-electron chi connectivity index (χ1n) is 7.38. The number of hydrogen-bond acceptors (Lipinski definition) is 2. The predicted molar refractivity (Wildman–Crippen MR) is 84.3 cm³/mol. The van der Waals surface area contributed by atoms with Crippen molar-refractivity contribution in [1.82, 2.24) is 4.57 Å². The number of benzene rings is 1. The van der Waals surface area contributed by atoms with Crippen molar-refractivity contribution in [2.24, 2.45) is 11.1 Å². The second kappa shape index (κ2) is 4.75. The zero-order valence-electron chi connectivity index (χ0n) is 12.9. The molecule has 3 rings (SSSR count). The molecule has 0 amide bonds. The first kappa shape index (κ1) is 13.9. The summed E-state index contributed by atoms with van der Waals surface area (Å²) in [7, 11) is 0. The number of aromatic nitrogens is 1. The molecular formula is C18H21N3. The highest BCUT2D eigenvalue weighted by atomic mass is 15.0. The van der Waals surface area contributed by atoms with Crippen LogP contribution in [-0.2, 0) is 6.42 Å². The van der Waals surface area contributed by atoms with Gasteiger partial charge in [-0.2, -0.15) is 5.26 Å². The summed E-state index contributed by atoms with van der Waals surface area (Å²) in [6, 6.07) is 10.3. The van der Waals surface area contributed by atoms with Crippen molar-refractivity contribution in [3.05, 3.63) is 52.8 Å². The summed E-state index contributed by atoms with van der Waals surface area (Å²) in [5.41, 5.74) is 12.0. The van der Waals surface area contributed by atoms with E-state index in [0.717, 1.165) is 18.5 Å². The molecule has 1 unspecified atom stereocenters. The zero-order valence-corrected chi connectivity index (χ0v) is 12.9. The van der Waals surface area contributed by atoms with Crippen molar-refractivity contribution in [2.75, 3.05) is 0 Å². The lowest BCUT2D eigenvalue weighted by Crippen LogP contribution is -2.30. The topological polar surface area (TPSA) is 54.7 Å². The summed E-state index contributed by atoms with van der Waals surface area (Å²) in [6.45, 7) is 6.62. The molecule has 2 N–H and O–H groups in total. The monoisotopic (exact) mass is 279 g/mol. The van der Waals surface area contributed by atoms with Gasteiger partial charge in [0.1, 0.15) is 0 Å². The van der Waals surface area contributed by atoms with Crippen LogP contribution >= 0.6 is 0 Å². The summed E-state index contributed by atoms with van der Waals surface area (Å²) in [5.74, 6) is 0. The molecule has 1 aromatic heterocycles. The largest absolute Gasteiger partial charge is 0.324 e. The fourth-order valence-corrected chi connectivity index (χ4v) is 3.40. The standard InChI is InChI=1S/C18H21N3/c1-12-4-5-13(11-19)8-16(12)21-7-6-14-15(20)9-18(2,3)10-17(14)21/h4-8,15H,9-10,20H2,1-3H3. The van der Waals surface area contributed by atoms with Gasteiger partial charge < -0.3 is 10.3 Å². The van der Waals surface area contributed by atoms with Crippen molar-refractivity contribution in [1.29, 1.82) is 5.26 Å². The molecule has 0 spiro atoms. The summed E-state index contributed by atoms with van der Waals surface area (Å²) in [6.07, 6.45) is 4.12. The SMILES string of the molecule is Cc1ccc(C#N)cc1-n1ccc2c1CC(C)(C)CC2N. The maximum atomic E-state index is 9.13. The Morgan fingerprint density at radius 3 is 2.81 bits per heavy atom. The first-order valence-corrected chi connectivity index (χ1v) is 7.38. The fraction of sp³-hybridized carbons (Fsp3) is 0.389. The molecule has 3 nitrogen and oxygen atoms in total. The lowest BCUT2D eigenvalue weighted by atomic mass is 9.74. The van der Waals surface area contributed by atoms with Crippen molar-refractivity contribution < 1.29 is 0 Å². The number of hydrogen-bond donors (Lipinski definition) is 1. The molecule has 2 aromatic rings. The van der Waals surface area contributed by atoms with Crippen LogP contribution in [-0.4, -0.2) is 4.57 Å². The number of nitrogens with two attached hydrogens (primary N) is 1. The maximum Gasteiger partial charge on any atom is 0.0992 e. The second-order valence-corrected chi connectivity index (χ2v) is 6.85. The second-order valence-electron chi connectivity index (χ2n) is 6.85. The molecule has 1 aliphatic rings. The third-order valence-corrected chi connectivity index (χ3v) is 4.44. The lowest BCUT2D eigenvalue weighted by molar-refractivity contribution is 0.278. The van der Waals surface area contributed by atoms with Crippen LogP contribution in [0.2, 0.25) is 0 Å². The van der Waals surface area contributed by atoms with E-state index in [1.54, 1.807) is 0 Å². The van der Waals surface area contributed by atoms with Crippen molar-refractivity contribution >= 4 is 0 Å². The van der Waals surface area contributed by atoms with E-state index >= 15 is 0 Å². The Bertz CT molecular complexity index is 731. The molecule has 1 atom stereocenters. The Balaban J connectivity index is 2.16. The molecule has 3 heteroatoms. The van der Waals surface area contributed by atoms with Gasteiger partial charge in [0, 0.05) is 23.6 Å². The molecule has 0 saturated heterocycles. The van der Waals surface area contributed by atoms with Gasteiger partial charge in [-0.1, -0.05) is 19.9 Å². The zero-order chi connectivity index (χ0) is 15.2. The van der Waals surface area contributed by atoms with E-state index in [4.69, 9.17) is 11.0 Å². The molecular weight excluding hydrogens is 258 g/mol. The van der Waals surface area contributed by atoms with Crippen molar-refractivity contribution in [3.63, 3.8) is 0 Å². The van der Waals surface area contributed by atoms with Gasteiger partial charge in [-0.25, -0.2) is 0 Å². The highest BCUT2D eigenvalue weighted by molar-refractivity contribution is 5.50. The summed E-state index contributed by atoms with van der Waals surface area (Å²) >= 11 is 0. The molecule has 0 fully saturated rings. The Labute approximate surface area is 126 Å². The summed E-state index contributed by atoms with van der Waals surface area (Å²) in [5, 5.41) is 9.13. The molecule has 0 radical (unpaired) electrons. The van der Waals surface area contributed by atoms with Crippen LogP contribution in [0.4, 0.5) is 0 Å². The molecule has 0 bridgehead atoms. The highest BCUT2D eigenvalue weighted by Gasteiger charge is 2.32. The van der Waals surface area contributed by atoms with E-state index in [1.165, 1.54) is 16.8 Å². The van der Waals surface area contributed by atoms with Crippen LogP contribution in [0.15, 0.2) is 30.5 Å². The van der Waals surface area contributed by atoms with E-state index in [0.29, 0.717) is 5.56 Å². The third-order valence-electron chi connectivity index (χ3n) is 4.44. The summed E-state index contributed by atoms with van der Waals surface area (Å²) < 4.78 is 2.21. The first-order chi connectivity index (χ1) is 9.91. The Kier molecular flexibility index (Phi) is 3.15. The quantitative estimate of drug-likeness (QED) is 0.866. The Morgan fingerprint density at radius 1 is 1.33 bits per heavy atom. The Hall–Kier alpha value is -2.05. The van der Waals surface area contributed by atoms with Crippen LogP contribution in [0.25, 0.3) is 5.69 Å². The van der Waals surface area contributed by atoms with Gasteiger partial charge >= 0.3 is 0 Å². The smallest absolute Gasteiger partial charge is 0.0992 e. The van der Waals surface area contributed by atoms with Crippen LogP contribution in [0, 0.1) is 23.7 Å². The van der Waals surface area contributed by atoms with Gasteiger partial charge in [-0.15, -0.1) is 0 Å². The number of nitriles is 1. The number of nitrogens with zero attached hydrogens (tertiary/aromatic N) is 2. The predicted octanol–water partition coefficient (Wildman–Crippen LogP) is 3.63. The van der Waals surface area contributed by atoms with Crippen LogP contribution in [0.1, 0.15) is 48.7 Å². The van der Waals surface area contributed by atoms with Crippen molar-refractivity contribution in [3.8, 4) is 11.8 Å². The average Bonchev–Trinajstić information content (AvgIpc) is 2.81. The van der Waals surface area contributed by atoms with Gasteiger partial charge in [-0.05, 0) is 54.5 Å². The molecule has 1 heterocycles. The van der Waals surface area contributed by atoms with E-state index in [1.807, 2.05) is 18.2 Å². The Morgan fingerprint density at radius 2 is 2.10 bits per heavy atom. The minimum atomic E-state index is 0.101. The molecule has 1 aliphatic carbocycles. The van der Waals surface area contributed by atoms with Crippen molar-refractivity contribution in [2.45, 2.75) is 39.7 Å². The van der Waals surface area contributed by atoms with Gasteiger partial charge in [0.25, 0.3) is 0 Å². The average molecular weight is 279 g/mol. The van der Waals surface area contributed by atoms with Gasteiger partial charge in [-0.3, -0.25) is 0 Å². The number of fused-ring (bicyclic) bond motifs is 1. The maximum absolute atomic E-state index is 9.13.